The summed E-state index contributed by atoms with van der Waals surface area (Å²) in [7, 11) is 0. The zero-order chi connectivity index (χ0) is 12.6. The second kappa shape index (κ2) is 4.34. The van der Waals surface area contributed by atoms with Crippen molar-refractivity contribution in [1.29, 1.82) is 0 Å². The first-order valence-electron chi connectivity index (χ1n) is 6.94. The van der Waals surface area contributed by atoms with Gasteiger partial charge in [0.1, 0.15) is 0 Å². The van der Waals surface area contributed by atoms with Gasteiger partial charge >= 0.3 is 0 Å². The molecule has 0 aromatic heterocycles. The van der Waals surface area contributed by atoms with Crippen molar-refractivity contribution in [2.75, 3.05) is 6.54 Å². The van der Waals surface area contributed by atoms with Crippen LogP contribution in [0.5, 0.6) is 0 Å². The molecule has 94 valence electrons. The van der Waals surface area contributed by atoms with Crippen molar-refractivity contribution in [3.05, 3.63) is 35.4 Å². The van der Waals surface area contributed by atoms with E-state index in [0.717, 1.165) is 49.9 Å². The molecule has 2 heteroatoms. The van der Waals surface area contributed by atoms with Gasteiger partial charge in [0.05, 0.1) is 5.41 Å². The monoisotopic (exact) mass is 241 g/mol. The molecule has 1 aromatic rings. The minimum atomic E-state index is -0.263. The number of carbonyl (C=O) groups excluding carboxylic acids is 1. The first-order valence-corrected chi connectivity index (χ1v) is 6.94. The van der Waals surface area contributed by atoms with Crippen molar-refractivity contribution in [2.45, 2.75) is 39.0 Å². The number of benzene rings is 1. The zero-order valence-corrected chi connectivity index (χ0v) is 10.9. The highest BCUT2D eigenvalue weighted by atomic mass is 16.1. The molecule has 0 radical (unpaired) electrons. The summed E-state index contributed by atoms with van der Waals surface area (Å²) in [6, 6.07) is 8.08. The number of carbonyl (C=O) groups is 1. The van der Waals surface area contributed by atoms with Gasteiger partial charge in [-0.15, -0.1) is 0 Å². The predicted molar refractivity (Wildman–Crippen MR) is 73.4 cm³/mol. The normalized spacial score (nSPS) is 26.9. The molecule has 0 amide bonds. The van der Waals surface area contributed by atoms with Crippen molar-refractivity contribution in [1.82, 2.24) is 0 Å². The summed E-state index contributed by atoms with van der Waals surface area (Å²) >= 11 is 0. The molecule has 1 aliphatic carbocycles. The lowest BCUT2D eigenvalue weighted by Gasteiger charge is -2.39. The average molecular weight is 241 g/mol. The maximum atomic E-state index is 12.9. The van der Waals surface area contributed by atoms with Crippen LogP contribution < -0.4 is 0 Å². The number of hydrogen-bond donors (Lipinski definition) is 0. The Hall–Kier alpha value is -1.44. The van der Waals surface area contributed by atoms with Crippen LogP contribution in [-0.4, -0.2) is 18.0 Å². The third-order valence-corrected chi connectivity index (χ3v) is 4.47. The summed E-state index contributed by atoms with van der Waals surface area (Å²) in [6.07, 6.45) is 4.93. The first-order chi connectivity index (χ1) is 8.78. The van der Waals surface area contributed by atoms with E-state index in [1.165, 1.54) is 5.56 Å². The van der Waals surface area contributed by atoms with Gasteiger partial charge in [0.2, 0.25) is 0 Å². The van der Waals surface area contributed by atoms with Gasteiger partial charge in [-0.25, -0.2) is 0 Å². The van der Waals surface area contributed by atoms with E-state index in [1.54, 1.807) is 0 Å². The Bertz CT molecular complexity index is 518. The maximum absolute atomic E-state index is 12.9. The number of ketones is 1. The van der Waals surface area contributed by atoms with Crippen LogP contribution in [0.4, 0.5) is 0 Å². The number of nitrogens with zero attached hydrogens (tertiary/aromatic N) is 1. The molecule has 0 unspecified atom stereocenters. The maximum Gasteiger partial charge on any atom is 0.174 e. The van der Waals surface area contributed by atoms with Crippen molar-refractivity contribution in [3.63, 3.8) is 0 Å². The van der Waals surface area contributed by atoms with Crippen LogP contribution in [0.15, 0.2) is 29.3 Å². The number of fused-ring (bicyclic) bond motifs is 1. The predicted octanol–water partition coefficient (Wildman–Crippen LogP) is 3.45. The second-order valence-corrected chi connectivity index (χ2v) is 5.35. The number of aliphatic imine (C=N–C) groups is 1. The van der Waals surface area contributed by atoms with Crippen molar-refractivity contribution in [2.24, 2.45) is 10.4 Å². The smallest absolute Gasteiger partial charge is 0.174 e. The number of Topliss-reactive ketones (excluding diaryl/α,β-unsaturated/α-hetero) is 1. The molecule has 0 bridgehead atoms. The topological polar surface area (TPSA) is 29.4 Å². The fraction of sp³-hybridized carbons (Fsp3) is 0.500. The summed E-state index contributed by atoms with van der Waals surface area (Å²) in [4.78, 5) is 17.5. The standard InChI is InChI=1S/C16H19NO/c1-2-14-16(9-5-11-17-14)10-8-12-6-3-4-7-13(12)15(16)18/h3-4,6-7H,2,5,8-11H2,1H3/t16-/m0/s1. The van der Waals surface area contributed by atoms with Crippen LogP contribution in [0.2, 0.25) is 0 Å². The third-order valence-electron chi connectivity index (χ3n) is 4.47. The Balaban J connectivity index is 2.08. The summed E-state index contributed by atoms with van der Waals surface area (Å²) < 4.78 is 0. The zero-order valence-electron chi connectivity index (χ0n) is 10.9. The third kappa shape index (κ3) is 1.55. The minimum absolute atomic E-state index is 0.263. The van der Waals surface area contributed by atoms with E-state index >= 15 is 0 Å². The molecule has 1 spiro atoms. The molecule has 2 nitrogen and oxygen atoms in total. The van der Waals surface area contributed by atoms with Crippen molar-refractivity contribution in [3.8, 4) is 0 Å². The van der Waals surface area contributed by atoms with E-state index in [4.69, 9.17) is 0 Å². The van der Waals surface area contributed by atoms with Gasteiger partial charge in [0.25, 0.3) is 0 Å². The summed E-state index contributed by atoms with van der Waals surface area (Å²) in [5, 5.41) is 0. The van der Waals surface area contributed by atoms with Crippen LogP contribution in [0.25, 0.3) is 0 Å². The van der Waals surface area contributed by atoms with Gasteiger partial charge < -0.3 is 0 Å². The second-order valence-electron chi connectivity index (χ2n) is 5.35. The lowest BCUT2D eigenvalue weighted by molar-refractivity contribution is 0.0828. The van der Waals surface area contributed by atoms with Crippen LogP contribution in [0.3, 0.4) is 0 Å². The molecule has 1 aliphatic heterocycles. The van der Waals surface area contributed by atoms with Gasteiger partial charge in [-0.3, -0.25) is 9.79 Å². The van der Waals surface area contributed by atoms with Gasteiger partial charge in [-0.1, -0.05) is 31.2 Å². The molecule has 18 heavy (non-hydrogen) atoms. The molecule has 0 saturated carbocycles. The number of hydrogen-bond acceptors (Lipinski definition) is 2. The van der Waals surface area contributed by atoms with E-state index in [2.05, 4.69) is 18.0 Å². The summed E-state index contributed by atoms with van der Waals surface area (Å²) in [5.74, 6) is 0.324. The number of aryl methyl sites for hydroxylation is 1. The van der Waals surface area contributed by atoms with Crippen LogP contribution in [-0.2, 0) is 6.42 Å². The van der Waals surface area contributed by atoms with E-state index in [0.29, 0.717) is 5.78 Å². The fourth-order valence-corrected chi connectivity index (χ4v) is 3.53. The fourth-order valence-electron chi connectivity index (χ4n) is 3.53. The largest absolute Gasteiger partial charge is 0.293 e. The molecule has 3 rings (SSSR count). The number of rotatable bonds is 1. The Morgan fingerprint density at radius 1 is 1.28 bits per heavy atom. The minimum Gasteiger partial charge on any atom is -0.293 e. The Labute approximate surface area is 108 Å². The highest BCUT2D eigenvalue weighted by Gasteiger charge is 2.46. The summed E-state index contributed by atoms with van der Waals surface area (Å²) in [5.41, 5.74) is 3.04. The highest BCUT2D eigenvalue weighted by molar-refractivity contribution is 6.17. The van der Waals surface area contributed by atoms with E-state index in [-0.39, 0.29) is 5.41 Å². The Kier molecular flexibility index (Phi) is 2.81. The Morgan fingerprint density at radius 3 is 2.94 bits per heavy atom. The first kappa shape index (κ1) is 11.6. The lowest BCUT2D eigenvalue weighted by Crippen LogP contribution is -2.44. The van der Waals surface area contributed by atoms with Gasteiger partial charge in [0.15, 0.2) is 5.78 Å². The summed E-state index contributed by atoms with van der Waals surface area (Å²) in [6.45, 7) is 3.03. The lowest BCUT2D eigenvalue weighted by atomic mass is 9.64. The van der Waals surface area contributed by atoms with E-state index in [1.807, 2.05) is 18.2 Å². The Morgan fingerprint density at radius 2 is 2.11 bits per heavy atom. The molecule has 0 saturated heterocycles. The average Bonchev–Trinajstić information content (AvgIpc) is 2.44. The molecule has 2 aliphatic rings. The van der Waals surface area contributed by atoms with Gasteiger partial charge in [-0.05, 0) is 37.7 Å². The molecule has 0 N–H and O–H groups in total. The molecule has 1 aromatic carbocycles. The van der Waals surface area contributed by atoms with Gasteiger partial charge in [0, 0.05) is 17.8 Å². The molecule has 1 heterocycles. The van der Waals surface area contributed by atoms with Gasteiger partial charge in [-0.2, -0.15) is 0 Å². The SMILES string of the molecule is CCC1=NCCC[C@]12CCc1ccccc1C2=O. The molecular formula is C16H19NO. The molecule has 1 atom stereocenters. The van der Waals surface area contributed by atoms with Crippen molar-refractivity contribution < 1.29 is 4.79 Å². The molecular weight excluding hydrogens is 222 g/mol. The van der Waals surface area contributed by atoms with E-state index < -0.39 is 0 Å². The highest BCUT2D eigenvalue weighted by Crippen LogP contribution is 2.43. The van der Waals surface area contributed by atoms with E-state index in [9.17, 15) is 4.79 Å². The van der Waals surface area contributed by atoms with Crippen molar-refractivity contribution >= 4 is 11.5 Å². The quantitative estimate of drug-likeness (QED) is 0.740. The van der Waals surface area contributed by atoms with Crippen LogP contribution >= 0.6 is 0 Å². The van der Waals surface area contributed by atoms with Crippen LogP contribution in [0.1, 0.15) is 48.5 Å². The van der Waals surface area contributed by atoms with Crippen LogP contribution in [0, 0.1) is 5.41 Å². The molecule has 0 fully saturated rings.